The summed E-state index contributed by atoms with van der Waals surface area (Å²) in [6.45, 7) is 1.20. The summed E-state index contributed by atoms with van der Waals surface area (Å²) in [7, 11) is -4.00. The second kappa shape index (κ2) is 15.4. The molecule has 240 valence electrons. The lowest BCUT2D eigenvalue weighted by Gasteiger charge is -2.19. The molecule has 0 spiro atoms. The first-order chi connectivity index (χ1) is 21.2. The number of benzene rings is 3. The summed E-state index contributed by atoms with van der Waals surface area (Å²) in [5.74, 6) is -2.61. The van der Waals surface area contributed by atoms with Gasteiger partial charge in [-0.15, -0.1) is 0 Å². The summed E-state index contributed by atoms with van der Waals surface area (Å²) in [5, 5.41) is 6.98. The summed E-state index contributed by atoms with van der Waals surface area (Å²) in [6.07, 6.45) is -4.71. The second-order valence-electron chi connectivity index (χ2n) is 9.68. The van der Waals surface area contributed by atoms with Crippen LogP contribution in [-0.4, -0.2) is 51.2 Å². The number of nitrogens with one attached hydrogen (secondary N) is 4. The van der Waals surface area contributed by atoms with Crippen LogP contribution in [0, 0.1) is 6.92 Å². The molecule has 1 atom stereocenters. The lowest BCUT2D eigenvalue weighted by molar-refractivity contribution is -0.137. The SMILES string of the molecule is Cc1ccc(S(=O)(=O)NC(N)=NCCC[C@@H](NC(=O)CNC(=O)c2ccccc2)C(=O)Nc2cc(C(F)(F)F)ccc2Cl)cc1. The molecule has 0 fully saturated rings. The quantitative estimate of drug-likeness (QED) is 0.112. The number of sulfonamides is 1. The number of amides is 3. The number of carbonyl (C=O) groups is 3. The Hall–Kier alpha value is -4.63. The van der Waals surface area contributed by atoms with E-state index in [9.17, 15) is 36.0 Å². The molecule has 0 aliphatic rings. The first-order valence-electron chi connectivity index (χ1n) is 13.4. The van der Waals surface area contributed by atoms with Crippen molar-refractivity contribution >= 4 is 51.0 Å². The van der Waals surface area contributed by atoms with Gasteiger partial charge in [-0.25, -0.2) is 13.1 Å². The number of nitrogens with zero attached hydrogens (tertiary/aromatic N) is 1. The van der Waals surface area contributed by atoms with Crippen molar-refractivity contribution in [2.45, 2.75) is 36.9 Å². The van der Waals surface area contributed by atoms with Gasteiger partial charge in [0.2, 0.25) is 17.8 Å². The molecule has 11 nitrogen and oxygen atoms in total. The number of guanidine groups is 1. The Morgan fingerprint density at radius 2 is 1.67 bits per heavy atom. The Balaban J connectivity index is 1.67. The number of aliphatic imine (C=N–C) groups is 1. The molecular formula is C29H30ClF3N6O5S. The summed E-state index contributed by atoms with van der Waals surface area (Å²) < 4.78 is 66.8. The molecule has 0 radical (unpaired) electrons. The smallest absolute Gasteiger partial charge is 0.369 e. The number of hydrogen-bond acceptors (Lipinski definition) is 6. The van der Waals surface area contributed by atoms with Gasteiger partial charge in [0, 0.05) is 12.1 Å². The Labute approximate surface area is 262 Å². The van der Waals surface area contributed by atoms with Gasteiger partial charge in [0.25, 0.3) is 15.9 Å². The fraction of sp³-hybridized carbons (Fsp3) is 0.241. The van der Waals surface area contributed by atoms with E-state index >= 15 is 0 Å². The zero-order chi connectivity index (χ0) is 33.2. The van der Waals surface area contributed by atoms with Gasteiger partial charge in [0.05, 0.1) is 27.7 Å². The first-order valence-corrected chi connectivity index (χ1v) is 15.2. The monoisotopic (exact) mass is 666 g/mol. The maximum absolute atomic E-state index is 13.2. The molecule has 3 rings (SSSR count). The normalized spacial score (nSPS) is 12.6. The second-order valence-corrected chi connectivity index (χ2v) is 11.8. The summed E-state index contributed by atoms with van der Waals surface area (Å²) in [5.41, 5.74) is 5.50. The van der Waals surface area contributed by atoms with E-state index in [0.29, 0.717) is 11.6 Å². The number of rotatable bonds is 12. The van der Waals surface area contributed by atoms with Crippen LogP contribution in [0.3, 0.4) is 0 Å². The van der Waals surface area contributed by atoms with Crippen molar-refractivity contribution < 1.29 is 36.0 Å². The first kappa shape index (κ1) is 34.9. The molecule has 0 unspecified atom stereocenters. The molecule has 0 bridgehead atoms. The maximum Gasteiger partial charge on any atom is 0.416 e. The van der Waals surface area contributed by atoms with Gasteiger partial charge >= 0.3 is 6.18 Å². The van der Waals surface area contributed by atoms with Crippen molar-refractivity contribution in [2.75, 3.05) is 18.4 Å². The van der Waals surface area contributed by atoms with E-state index in [-0.39, 0.29) is 35.0 Å². The van der Waals surface area contributed by atoms with Gasteiger partial charge in [0.15, 0.2) is 0 Å². The number of halogens is 4. The Kier molecular flexibility index (Phi) is 11.9. The lowest BCUT2D eigenvalue weighted by atomic mass is 10.1. The number of nitrogens with two attached hydrogens (primary N) is 1. The van der Waals surface area contributed by atoms with Crippen molar-refractivity contribution in [1.82, 2.24) is 15.4 Å². The molecule has 3 aromatic carbocycles. The highest BCUT2D eigenvalue weighted by Crippen LogP contribution is 2.34. The standard InChI is InChI=1S/C29H30ClF3N6O5S/c1-18-9-12-21(13-10-18)45(43,44)39-28(34)35-15-5-8-23(37-25(40)17-36-26(41)19-6-3-2-4-7-19)27(42)38-24-16-20(29(31,32)33)11-14-22(24)30/h2-4,6-7,9-14,16,23H,5,8,15,17H2,1H3,(H,36,41)(H,37,40)(H,38,42)(H3,34,35,39)/t23-/m1/s1. The van der Waals surface area contributed by atoms with E-state index in [2.05, 4.69) is 25.7 Å². The van der Waals surface area contributed by atoms with Crippen molar-refractivity contribution in [3.63, 3.8) is 0 Å². The molecule has 6 N–H and O–H groups in total. The van der Waals surface area contributed by atoms with E-state index in [0.717, 1.165) is 17.7 Å². The number of alkyl halides is 3. The third-order valence-corrected chi connectivity index (χ3v) is 7.85. The van der Waals surface area contributed by atoms with Crippen LogP contribution >= 0.6 is 11.6 Å². The average Bonchev–Trinajstić information content (AvgIpc) is 2.98. The van der Waals surface area contributed by atoms with Crippen molar-refractivity contribution in [2.24, 2.45) is 10.7 Å². The lowest BCUT2D eigenvalue weighted by Crippen LogP contribution is -2.47. The minimum Gasteiger partial charge on any atom is -0.369 e. The van der Waals surface area contributed by atoms with Crippen LogP contribution < -0.4 is 26.4 Å². The number of carbonyl (C=O) groups excluding carboxylic acids is 3. The topological polar surface area (TPSA) is 172 Å². The highest BCUT2D eigenvalue weighted by Gasteiger charge is 2.31. The van der Waals surface area contributed by atoms with Gasteiger partial charge in [-0.1, -0.05) is 47.5 Å². The van der Waals surface area contributed by atoms with E-state index < -0.39 is 58.0 Å². The minimum atomic E-state index is -4.70. The Morgan fingerprint density at radius 1 is 1.00 bits per heavy atom. The number of aryl methyl sites for hydroxylation is 1. The minimum absolute atomic E-state index is 0.0293. The van der Waals surface area contributed by atoms with Crippen LogP contribution in [0.2, 0.25) is 5.02 Å². The zero-order valence-electron chi connectivity index (χ0n) is 23.8. The molecule has 0 aromatic heterocycles. The highest BCUT2D eigenvalue weighted by atomic mass is 35.5. The molecule has 0 aliphatic heterocycles. The van der Waals surface area contributed by atoms with E-state index in [1.807, 2.05) is 0 Å². The van der Waals surface area contributed by atoms with E-state index in [1.165, 1.54) is 24.3 Å². The molecule has 0 saturated carbocycles. The summed E-state index contributed by atoms with van der Waals surface area (Å²) in [6, 6.07) is 15.2. The van der Waals surface area contributed by atoms with Gasteiger partial charge in [-0.2, -0.15) is 13.2 Å². The van der Waals surface area contributed by atoms with Gasteiger partial charge in [0.1, 0.15) is 6.04 Å². The molecule has 16 heteroatoms. The average molecular weight is 667 g/mol. The third kappa shape index (κ3) is 10.8. The molecule has 0 heterocycles. The molecule has 0 saturated heterocycles. The van der Waals surface area contributed by atoms with E-state index in [1.54, 1.807) is 37.3 Å². The molecule has 3 amide bonds. The van der Waals surface area contributed by atoms with Crippen molar-refractivity contribution in [3.8, 4) is 0 Å². The molecule has 3 aromatic rings. The van der Waals surface area contributed by atoms with Crippen LogP contribution in [0.1, 0.15) is 34.3 Å². The van der Waals surface area contributed by atoms with Crippen molar-refractivity contribution in [3.05, 3.63) is 94.5 Å². The van der Waals surface area contributed by atoms with Crippen LogP contribution in [0.5, 0.6) is 0 Å². The van der Waals surface area contributed by atoms with Crippen LogP contribution in [0.25, 0.3) is 0 Å². The number of hydrogen-bond donors (Lipinski definition) is 5. The third-order valence-electron chi connectivity index (χ3n) is 6.15. The van der Waals surface area contributed by atoms with Gasteiger partial charge in [-0.3, -0.25) is 19.4 Å². The fourth-order valence-electron chi connectivity index (χ4n) is 3.82. The van der Waals surface area contributed by atoms with Gasteiger partial charge < -0.3 is 21.7 Å². The van der Waals surface area contributed by atoms with Gasteiger partial charge in [-0.05, 0) is 62.2 Å². The van der Waals surface area contributed by atoms with E-state index in [4.69, 9.17) is 17.3 Å². The molecule has 45 heavy (non-hydrogen) atoms. The highest BCUT2D eigenvalue weighted by molar-refractivity contribution is 7.90. The number of anilines is 1. The fourth-order valence-corrected chi connectivity index (χ4v) is 4.94. The largest absolute Gasteiger partial charge is 0.416 e. The van der Waals surface area contributed by atoms with Crippen molar-refractivity contribution in [1.29, 1.82) is 0 Å². The van der Waals surface area contributed by atoms with Crippen LogP contribution in [0.4, 0.5) is 18.9 Å². The molecule has 0 aliphatic carbocycles. The zero-order valence-corrected chi connectivity index (χ0v) is 25.4. The van der Waals surface area contributed by atoms with Crippen LogP contribution in [-0.2, 0) is 25.8 Å². The predicted octanol–water partition coefficient (Wildman–Crippen LogP) is 3.59. The summed E-state index contributed by atoms with van der Waals surface area (Å²) in [4.78, 5) is 42.0. The summed E-state index contributed by atoms with van der Waals surface area (Å²) >= 11 is 6.01. The van der Waals surface area contributed by atoms with Crippen LogP contribution in [0.15, 0.2) is 82.7 Å². The molecular weight excluding hydrogens is 637 g/mol. The maximum atomic E-state index is 13.2. The predicted molar refractivity (Wildman–Crippen MR) is 163 cm³/mol. The Morgan fingerprint density at radius 3 is 2.31 bits per heavy atom. The Bertz CT molecular complexity index is 1650.